The van der Waals surface area contributed by atoms with Gasteiger partial charge in [0.2, 0.25) is 0 Å². The van der Waals surface area contributed by atoms with E-state index in [1.165, 1.54) is 0 Å². The highest BCUT2D eigenvalue weighted by molar-refractivity contribution is 5.84. The molecule has 1 aromatic carbocycles. The topological polar surface area (TPSA) is 74.2 Å². The Morgan fingerprint density at radius 1 is 0.739 bits per heavy atom. The number of ketones is 1. The van der Waals surface area contributed by atoms with Gasteiger partial charge in [-0.2, -0.15) is 0 Å². The molecular weight excluding hydrogens is 576 g/mol. The summed E-state index contributed by atoms with van der Waals surface area (Å²) < 4.78 is 24.1. The van der Waals surface area contributed by atoms with Crippen LogP contribution in [0.15, 0.2) is 166 Å². The van der Waals surface area contributed by atoms with Gasteiger partial charge in [0.15, 0.2) is 6.10 Å². The van der Waals surface area contributed by atoms with Crippen LogP contribution in [0.1, 0.15) is 101 Å². The van der Waals surface area contributed by atoms with Crippen LogP contribution in [0.2, 0.25) is 0 Å². The lowest BCUT2D eigenvalue weighted by molar-refractivity contribution is -0.138. The van der Waals surface area contributed by atoms with Crippen LogP contribution in [0.25, 0.3) is 0 Å². The van der Waals surface area contributed by atoms with E-state index in [1.807, 2.05) is 79.0 Å². The van der Waals surface area contributed by atoms with Crippen LogP contribution in [0.5, 0.6) is 5.75 Å². The van der Waals surface area contributed by atoms with Crippen molar-refractivity contribution in [2.75, 3.05) is 7.11 Å². The summed E-state index contributed by atoms with van der Waals surface area (Å²) in [6.07, 6.45) is 37.0. The first-order valence-electron chi connectivity index (χ1n) is 15.2. The van der Waals surface area contributed by atoms with Crippen molar-refractivity contribution in [1.29, 1.82) is 0 Å². The van der Waals surface area contributed by atoms with E-state index in [4.69, 9.17) is 18.9 Å². The third-order valence-corrected chi connectivity index (χ3v) is 6.83. The second-order valence-corrected chi connectivity index (χ2v) is 10.1. The minimum atomic E-state index is -0.506. The van der Waals surface area contributed by atoms with Crippen molar-refractivity contribution >= 4 is 5.78 Å². The summed E-state index contributed by atoms with van der Waals surface area (Å²) in [7, 11) is 1.57. The molecule has 2 atom stereocenters. The average molecular weight is 732 g/mol. The number of ether oxygens (including phenoxy) is 4. The van der Waals surface area contributed by atoms with E-state index >= 15 is 0 Å². The third-order valence-electron chi connectivity index (χ3n) is 6.83. The molecule has 0 saturated heterocycles. The van der Waals surface area contributed by atoms with Crippen molar-refractivity contribution in [2.24, 2.45) is 5.92 Å². The number of benzene rings is 1. The van der Waals surface area contributed by atoms with Gasteiger partial charge in [-0.1, -0.05) is 117 Å². The molecule has 1 aliphatic rings. The predicted octanol–water partition coefficient (Wildman–Crippen LogP) is 21.6. The van der Waals surface area contributed by atoms with Crippen LogP contribution in [-0.4, -0.2) is 36.3 Å². The van der Waals surface area contributed by atoms with Crippen molar-refractivity contribution in [1.82, 2.24) is 0 Å². The summed E-state index contributed by atoms with van der Waals surface area (Å²) in [5, 5.41) is 9.65. The van der Waals surface area contributed by atoms with Crippen molar-refractivity contribution in [3.05, 3.63) is 177 Å². The molecule has 1 aliphatic carbocycles. The van der Waals surface area contributed by atoms with Crippen LogP contribution >= 0.6 is 0 Å². The molecule has 0 amide bonds. The Kier molecular flexibility index (Phi) is 18.8. The molecule has 1 N–H and O–H groups in total. The van der Waals surface area contributed by atoms with Crippen molar-refractivity contribution < 1.29 is 106 Å². The lowest BCUT2D eigenvalue weighted by Gasteiger charge is -2.39. The van der Waals surface area contributed by atoms with Gasteiger partial charge in [0.05, 0.1) is 32.5 Å². The molecule has 0 radical (unpaired) electrons. The van der Waals surface area contributed by atoms with E-state index in [9.17, 15) is 9.90 Å². The fourth-order valence-corrected chi connectivity index (χ4v) is 4.65. The first-order valence-corrected chi connectivity index (χ1v) is 15.2. The van der Waals surface area contributed by atoms with E-state index in [1.54, 1.807) is 74.5 Å². The Balaban J connectivity index is -0.00000000802. The highest BCUT2D eigenvalue weighted by Crippen LogP contribution is 2.34. The maximum absolute atomic E-state index is 13.8. The first kappa shape index (κ1) is 37.1. The van der Waals surface area contributed by atoms with Gasteiger partial charge < -0.3 is 24.1 Å². The predicted molar refractivity (Wildman–Crippen MR) is 302 cm³/mol. The molecule has 46 heavy (non-hydrogen) atoms. The molecule has 1 aromatic rings. The molecule has 0 aromatic heterocycles. The zero-order chi connectivity index (χ0) is 33.2. The fourth-order valence-electron chi connectivity index (χ4n) is 4.65. The summed E-state index contributed by atoms with van der Waals surface area (Å²) in [5.41, 5.74) is 1.44. The summed E-state index contributed by atoms with van der Waals surface area (Å²) in [6.45, 7) is 10.9. The van der Waals surface area contributed by atoms with E-state index in [2.05, 4.69) is 19.7 Å². The Bertz CT molecular complexity index is 1420. The van der Waals surface area contributed by atoms with E-state index in [0.29, 0.717) is 24.2 Å². The smallest absolute Gasteiger partial charge is 0.171 e. The molecular formula is C40H154O6. The molecule has 1 saturated carbocycles. The Morgan fingerprint density at radius 2 is 1.20 bits per heavy atom. The summed E-state index contributed by atoms with van der Waals surface area (Å²) >= 11 is 0. The summed E-state index contributed by atoms with van der Waals surface area (Å²) in [6, 6.07) is 5.36. The molecule has 0 bridgehead atoms. The van der Waals surface area contributed by atoms with Gasteiger partial charge in [0.1, 0.15) is 23.7 Å². The zero-order valence-electron chi connectivity index (χ0n) is 26.6. The number of rotatable bonds is 20. The van der Waals surface area contributed by atoms with Gasteiger partial charge in [-0.3, -0.25) is 4.79 Å². The largest absolute Gasteiger partial charge is 0.496 e. The standard InChI is InChI=1S/C40H46O6.54H2/c1-5-8-11-14-17-20-25-44-38-30-34(36(42)29-35-28-33(32-41)23-24-37(35)43-4)31-39(45-26-21-18-15-12-9-6-2)40(38)46-27-22-19-16-13-10-7-3;;;;;;;;;;;;;;;;;;;;;;;;;;;;;;;;;;;;;;;;;;;;;;;;;;;;;;/h5-28,34,38-41H,1-3,29-32H2,4H3;54*1H/b11-8+,12-9+,13-10+,17-14+,18-15+,19-16+,25-20+,26-21+,27-22+;;;;;;;;;;;;;;;;;;;;;;;;;;;;;;;;;;;;;;;;;;;;;;;;;;;;;;. The molecule has 6 nitrogen and oxygen atoms in total. The first-order chi connectivity index (χ1) is 22.6. The lowest BCUT2D eigenvalue weighted by Crippen LogP contribution is -2.48. The second kappa shape index (κ2) is 23.3. The highest BCUT2D eigenvalue weighted by Gasteiger charge is 2.43. The molecule has 6 heteroatoms. The maximum Gasteiger partial charge on any atom is 0.171 e. The van der Waals surface area contributed by atoms with Gasteiger partial charge in [-0.15, -0.1) is 0 Å². The number of allylic oxidation sites excluding steroid dienone is 18. The fraction of sp³-hybridized carbons (Fsp3) is 0.225. The minimum absolute atomic E-state index is 0. The highest BCUT2D eigenvalue weighted by atomic mass is 16.6. The average Bonchev–Trinajstić information content (AvgIpc) is 3.07. The number of hydrogen-bond acceptors (Lipinski definition) is 6. The van der Waals surface area contributed by atoms with Crippen LogP contribution < -0.4 is 4.74 Å². The minimum Gasteiger partial charge on any atom is -0.496 e. The molecule has 0 heterocycles. The van der Waals surface area contributed by atoms with Gasteiger partial charge in [-0.05, 0) is 48.8 Å². The van der Waals surface area contributed by atoms with Gasteiger partial charge >= 0.3 is 0 Å². The number of aliphatic hydroxyl groups excluding tert-OH is 1. The Hall–Kier alpha value is -5.07. The quantitative estimate of drug-likeness (QED) is 0.106. The van der Waals surface area contributed by atoms with E-state index in [-0.39, 0.29) is 102 Å². The van der Waals surface area contributed by atoms with Crippen molar-refractivity contribution in [3.63, 3.8) is 0 Å². The number of methoxy groups -OCH3 is 1. The zero-order valence-corrected chi connectivity index (χ0v) is 26.6. The Labute approximate surface area is 354 Å². The van der Waals surface area contributed by atoms with E-state index in [0.717, 1.165) is 5.56 Å². The summed E-state index contributed by atoms with van der Waals surface area (Å²) in [4.78, 5) is 13.8. The van der Waals surface area contributed by atoms with Crippen molar-refractivity contribution in [3.8, 4) is 5.75 Å². The normalized spacial score (nSPS) is 20.8. The van der Waals surface area contributed by atoms with Crippen molar-refractivity contribution in [2.45, 2.75) is 44.2 Å². The number of aliphatic hydroxyl groups is 1. The molecule has 350 valence electrons. The molecule has 2 unspecified atom stereocenters. The van der Waals surface area contributed by atoms with Gasteiger partial charge in [-0.25, -0.2) is 0 Å². The molecule has 1 fully saturated rings. The third kappa shape index (κ3) is 14.1. The molecule has 2 rings (SSSR count). The van der Waals surface area contributed by atoms with Crippen LogP contribution in [0.4, 0.5) is 0 Å². The Morgan fingerprint density at radius 3 is 1.65 bits per heavy atom. The lowest BCUT2D eigenvalue weighted by atomic mass is 9.79. The van der Waals surface area contributed by atoms with Crippen LogP contribution in [0.3, 0.4) is 0 Å². The van der Waals surface area contributed by atoms with Crippen LogP contribution in [0, 0.1) is 5.92 Å². The summed E-state index contributed by atoms with van der Waals surface area (Å²) in [5.74, 6) is 0.257. The van der Waals surface area contributed by atoms with Gasteiger partial charge in [0.25, 0.3) is 0 Å². The second-order valence-electron chi connectivity index (χ2n) is 10.1. The monoisotopic (exact) mass is 731 g/mol. The van der Waals surface area contributed by atoms with E-state index < -0.39 is 18.3 Å². The number of carbonyl (C=O) groups excluding carboxylic acids is 1. The molecule has 0 aliphatic heterocycles. The number of carbonyl (C=O) groups is 1. The number of hydrogen-bond donors (Lipinski definition) is 1. The SMILES string of the molecule is C=C/C=C/C=C/C=C/OC1CC(C(=O)Cc2cc(CO)ccc2OC)CC(O/C=C/C=C/C=C/C=C)C1O/C=C/C=C/C=C/C=C.[HH].[HH].[HH].[HH].[HH].[HH].[HH].[HH].[HH].[HH].[HH].[HH].[HH].[HH].[HH].[HH].[HH].[HH].[HH].[HH].[HH].[HH].[HH].[HH].[HH].[HH].[HH].[HH].[HH].[HH].[HH].[HH].[HH].[HH].[HH].[HH].[HH].[HH].[HH].[HH].[HH].[HH].[HH].[HH].[HH].[HH].[HH].[HH].[HH].[HH].[HH].[HH].[HH].[HH]. The molecule has 0 spiro atoms. The van der Waals surface area contributed by atoms with Gasteiger partial charge in [0, 0.05) is 94.9 Å². The number of Topliss-reactive ketones (excluding diaryl/α,β-unsaturated/α-hetero) is 1. The van der Waals surface area contributed by atoms with Crippen LogP contribution in [-0.2, 0) is 32.0 Å². The maximum atomic E-state index is 13.8.